The summed E-state index contributed by atoms with van der Waals surface area (Å²) in [5, 5.41) is 10.6. The van der Waals surface area contributed by atoms with Crippen LogP contribution in [0.25, 0.3) is 0 Å². The first kappa shape index (κ1) is 17.7. The molecule has 0 aromatic carbocycles. The molecule has 2 heterocycles. The lowest BCUT2D eigenvalue weighted by atomic mass is 10.0. The van der Waals surface area contributed by atoms with Crippen LogP contribution in [-0.4, -0.2) is 59.5 Å². The molecular weight excluding hydrogens is 320 g/mol. The zero-order chi connectivity index (χ0) is 16.9. The monoisotopic (exact) mass is 344 g/mol. The maximum atomic E-state index is 12.4. The lowest BCUT2D eigenvalue weighted by Crippen LogP contribution is -2.52. The van der Waals surface area contributed by atoms with Crippen LogP contribution >= 0.6 is 0 Å². The molecule has 1 aromatic rings. The second-order valence-corrected chi connectivity index (χ2v) is 7.49. The Kier molecular flexibility index (Phi) is 5.94. The van der Waals surface area contributed by atoms with Gasteiger partial charge in [-0.1, -0.05) is 0 Å². The summed E-state index contributed by atoms with van der Waals surface area (Å²) in [7, 11) is -3.26. The van der Waals surface area contributed by atoms with Gasteiger partial charge in [0.2, 0.25) is 10.0 Å². The fourth-order valence-electron chi connectivity index (χ4n) is 2.66. The first-order chi connectivity index (χ1) is 10.9. The largest absolute Gasteiger partial charge is 0.331 e. The highest BCUT2D eigenvalue weighted by Crippen LogP contribution is 2.16. The van der Waals surface area contributed by atoms with Gasteiger partial charge >= 0.3 is 6.03 Å². The summed E-state index contributed by atoms with van der Waals surface area (Å²) in [5.41, 5.74) is 0. The van der Waals surface area contributed by atoms with E-state index in [9.17, 15) is 13.2 Å². The SMILES string of the molecule is CCn1cnnc1CNC(=O)N1CCCC[C@@H]1CNS(C)(=O)=O. The Labute approximate surface area is 136 Å². The number of sulfonamides is 1. The first-order valence-corrected chi connectivity index (χ1v) is 9.65. The maximum absolute atomic E-state index is 12.4. The van der Waals surface area contributed by atoms with Crippen molar-refractivity contribution in [1.82, 2.24) is 29.7 Å². The number of carbonyl (C=O) groups excluding carboxylic acids is 1. The number of aromatic nitrogens is 3. The predicted octanol–water partition coefficient (Wildman–Crippen LogP) is -0.0887. The Morgan fingerprint density at radius 3 is 2.91 bits per heavy atom. The highest BCUT2D eigenvalue weighted by molar-refractivity contribution is 7.88. The number of carbonyl (C=O) groups is 1. The smallest absolute Gasteiger partial charge is 0.318 e. The Morgan fingerprint density at radius 1 is 1.43 bits per heavy atom. The van der Waals surface area contributed by atoms with E-state index < -0.39 is 10.0 Å². The maximum Gasteiger partial charge on any atom is 0.318 e. The summed E-state index contributed by atoms with van der Waals surface area (Å²) < 4.78 is 26.9. The summed E-state index contributed by atoms with van der Waals surface area (Å²) in [6.45, 7) is 3.89. The van der Waals surface area contributed by atoms with Gasteiger partial charge in [0.25, 0.3) is 0 Å². The third kappa shape index (κ3) is 5.17. The van der Waals surface area contributed by atoms with E-state index in [2.05, 4.69) is 20.2 Å². The van der Waals surface area contributed by atoms with Crippen LogP contribution in [-0.2, 0) is 23.1 Å². The Balaban J connectivity index is 1.92. The van der Waals surface area contributed by atoms with Gasteiger partial charge in [0.15, 0.2) is 5.82 Å². The van der Waals surface area contributed by atoms with Crippen molar-refractivity contribution in [3.05, 3.63) is 12.2 Å². The number of hydrogen-bond donors (Lipinski definition) is 2. The summed E-state index contributed by atoms with van der Waals surface area (Å²) in [6, 6.07) is -0.321. The van der Waals surface area contributed by atoms with Crippen molar-refractivity contribution >= 4 is 16.1 Å². The predicted molar refractivity (Wildman–Crippen MR) is 85.1 cm³/mol. The fourth-order valence-corrected chi connectivity index (χ4v) is 3.16. The highest BCUT2D eigenvalue weighted by atomic mass is 32.2. The zero-order valence-electron chi connectivity index (χ0n) is 13.5. The van der Waals surface area contributed by atoms with Gasteiger partial charge in [-0.15, -0.1) is 10.2 Å². The molecule has 1 fully saturated rings. The van der Waals surface area contributed by atoms with E-state index in [0.29, 0.717) is 18.9 Å². The topological polar surface area (TPSA) is 109 Å². The molecule has 0 radical (unpaired) electrons. The number of nitrogens with one attached hydrogen (secondary N) is 2. The molecule has 1 aliphatic rings. The van der Waals surface area contributed by atoms with Crippen molar-refractivity contribution in [2.24, 2.45) is 0 Å². The van der Waals surface area contributed by atoms with Gasteiger partial charge < -0.3 is 14.8 Å². The number of aryl methyl sites for hydroxylation is 1. The minimum absolute atomic E-state index is 0.123. The molecular formula is C13H24N6O3S. The van der Waals surface area contributed by atoms with Crippen molar-refractivity contribution in [3.8, 4) is 0 Å². The van der Waals surface area contributed by atoms with Crippen molar-refractivity contribution in [2.75, 3.05) is 19.3 Å². The zero-order valence-corrected chi connectivity index (χ0v) is 14.3. The quantitative estimate of drug-likeness (QED) is 0.750. The van der Waals surface area contributed by atoms with Gasteiger partial charge in [0.05, 0.1) is 12.8 Å². The summed E-state index contributed by atoms with van der Waals surface area (Å²) >= 11 is 0. The van der Waals surface area contributed by atoms with E-state index >= 15 is 0 Å². The van der Waals surface area contributed by atoms with E-state index in [-0.39, 0.29) is 18.6 Å². The van der Waals surface area contributed by atoms with Crippen molar-refractivity contribution in [2.45, 2.75) is 45.3 Å². The standard InChI is InChI=1S/C13H24N6O3S/c1-3-18-10-15-17-12(18)9-14-13(20)19-7-5-4-6-11(19)8-16-23(2,21)22/h10-11,16H,3-9H2,1-2H3,(H,14,20)/t11-/m1/s1. The third-order valence-corrected chi connectivity index (χ3v) is 4.59. The number of urea groups is 1. The number of piperidine rings is 1. The number of nitrogens with zero attached hydrogens (tertiary/aromatic N) is 4. The molecule has 2 N–H and O–H groups in total. The van der Waals surface area contributed by atoms with Crippen LogP contribution in [0.4, 0.5) is 4.79 Å². The Bertz CT molecular complexity index is 629. The van der Waals surface area contributed by atoms with E-state index in [0.717, 1.165) is 32.1 Å². The van der Waals surface area contributed by atoms with Crippen LogP contribution in [0.3, 0.4) is 0 Å². The molecule has 0 bridgehead atoms. The molecule has 10 heteroatoms. The average Bonchev–Trinajstić information content (AvgIpc) is 2.97. The Hall–Kier alpha value is -1.68. The number of amides is 2. The van der Waals surface area contributed by atoms with Crippen LogP contribution in [0.1, 0.15) is 32.0 Å². The third-order valence-electron chi connectivity index (χ3n) is 3.90. The second kappa shape index (κ2) is 7.73. The molecule has 2 rings (SSSR count). The van der Waals surface area contributed by atoms with Gasteiger partial charge in [0, 0.05) is 25.7 Å². The second-order valence-electron chi connectivity index (χ2n) is 5.66. The molecule has 0 spiro atoms. The van der Waals surface area contributed by atoms with Crippen LogP contribution in [0.2, 0.25) is 0 Å². The molecule has 0 unspecified atom stereocenters. The van der Waals surface area contributed by atoms with E-state index in [1.165, 1.54) is 0 Å². The van der Waals surface area contributed by atoms with Crippen molar-refractivity contribution in [3.63, 3.8) is 0 Å². The summed E-state index contributed by atoms with van der Waals surface area (Å²) in [6.07, 6.45) is 5.46. The Morgan fingerprint density at radius 2 is 2.22 bits per heavy atom. The summed E-state index contributed by atoms with van der Waals surface area (Å²) in [4.78, 5) is 14.1. The lowest BCUT2D eigenvalue weighted by Gasteiger charge is -2.35. The molecule has 1 atom stereocenters. The molecule has 1 saturated heterocycles. The molecule has 23 heavy (non-hydrogen) atoms. The van der Waals surface area contributed by atoms with Crippen molar-refractivity contribution < 1.29 is 13.2 Å². The highest BCUT2D eigenvalue weighted by Gasteiger charge is 2.27. The minimum Gasteiger partial charge on any atom is -0.331 e. The van der Waals surface area contributed by atoms with Gasteiger partial charge in [-0.25, -0.2) is 17.9 Å². The average molecular weight is 344 g/mol. The van der Waals surface area contributed by atoms with Crippen LogP contribution in [0.5, 0.6) is 0 Å². The van der Waals surface area contributed by atoms with Gasteiger partial charge in [-0.3, -0.25) is 0 Å². The molecule has 130 valence electrons. The fraction of sp³-hybridized carbons (Fsp3) is 0.769. The van der Waals surface area contributed by atoms with E-state index in [1.54, 1.807) is 11.2 Å². The van der Waals surface area contributed by atoms with Gasteiger partial charge in [0.1, 0.15) is 6.33 Å². The van der Waals surface area contributed by atoms with E-state index in [1.807, 2.05) is 11.5 Å². The number of likely N-dealkylation sites (tertiary alicyclic amines) is 1. The van der Waals surface area contributed by atoms with Gasteiger partial charge in [-0.2, -0.15) is 0 Å². The normalized spacial score (nSPS) is 18.9. The van der Waals surface area contributed by atoms with Gasteiger partial charge in [-0.05, 0) is 26.2 Å². The molecule has 0 saturated carbocycles. The molecule has 1 aliphatic heterocycles. The van der Waals surface area contributed by atoms with Crippen LogP contribution in [0.15, 0.2) is 6.33 Å². The molecule has 9 nitrogen and oxygen atoms in total. The minimum atomic E-state index is -3.26. The molecule has 2 amide bonds. The first-order valence-electron chi connectivity index (χ1n) is 7.76. The number of rotatable bonds is 6. The van der Waals surface area contributed by atoms with Crippen molar-refractivity contribution in [1.29, 1.82) is 0 Å². The van der Waals surface area contributed by atoms with Crippen LogP contribution in [0, 0.1) is 0 Å². The summed E-state index contributed by atoms with van der Waals surface area (Å²) in [5.74, 6) is 0.698. The molecule has 0 aliphatic carbocycles. The molecule has 1 aromatic heterocycles. The van der Waals surface area contributed by atoms with E-state index in [4.69, 9.17) is 0 Å². The number of hydrogen-bond acceptors (Lipinski definition) is 5. The van der Waals surface area contributed by atoms with Crippen LogP contribution < -0.4 is 10.0 Å². The lowest BCUT2D eigenvalue weighted by molar-refractivity contribution is 0.151.